The summed E-state index contributed by atoms with van der Waals surface area (Å²) in [5, 5.41) is 18.1. The molecule has 6 nitrogen and oxygen atoms in total. The third kappa shape index (κ3) is 6.24. The molecular formula is C15H20N2O4S. The van der Waals surface area contributed by atoms with Crippen LogP contribution in [0.1, 0.15) is 25.8 Å². The number of hydrogen-bond acceptors (Lipinski definition) is 4. The SMILES string of the molecule is CC(C)(C#N)CCS(=O)(=O)N[C@@H](Cc1ccccc1)C(=O)O. The first-order chi connectivity index (χ1) is 10.2. The lowest BCUT2D eigenvalue weighted by atomic mass is 9.93. The Bertz CT molecular complexity index is 648. The van der Waals surface area contributed by atoms with Gasteiger partial charge in [-0.15, -0.1) is 0 Å². The van der Waals surface area contributed by atoms with Crippen molar-refractivity contribution in [2.45, 2.75) is 32.7 Å². The summed E-state index contributed by atoms with van der Waals surface area (Å²) >= 11 is 0. The van der Waals surface area contributed by atoms with E-state index in [1.807, 2.05) is 6.07 Å². The summed E-state index contributed by atoms with van der Waals surface area (Å²) in [6.07, 6.45) is 0.202. The summed E-state index contributed by atoms with van der Waals surface area (Å²) < 4.78 is 26.2. The molecule has 1 aromatic carbocycles. The van der Waals surface area contributed by atoms with Crippen molar-refractivity contribution in [1.29, 1.82) is 5.26 Å². The third-order valence-electron chi connectivity index (χ3n) is 3.20. The topological polar surface area (TPSA) is 107 Å². The van der Waals surface area contributed by atoms with E-state index in [0.717, 1.165) is 5.56 Å². The van der Waals surface area contributed by atoms with Gasteiger partial charge in [0.25, 0.3) is 0 Å². The Morgan fingerprint density at radius 1 is 1.36 bits per heavy atom. The van der Waals surface area contributed by atoms with Crippen molar-refractivity contribution >= 4 is 16.0 Å². The third-order valence-corrected chi connectivity index (χ3v) is 4.59. The first-order valence-electron chi connectivity index (χ1n) is 6.83. The zero-order chi connectivity index (χ0) is 16.8. The first kappa shape index (κ1) is 18.1. The Kier molecular flexibility index (Phi) is 6.09. The van der Waals surface area contributed by atoms with E-state index in [4.69, 9.17) is 5.26 Å². The number of nitriles is 1. The van der Waals surface area contributed by atoms with E-state index in [2.05, 4.69) is 4.72 Å². The van der Waals surface area contributed by atoms with E-state index >= 15 is 0 Å². The van der Waals surface area contributed by atoms with Crippen molar-refractivity contribution in [2.75, 3.05) is 5.75 Å². The number of carboxylic acids is 1. The lowest BCUT2D eigenvalue weighted by Crippen LogP contribution is -2.43. The Morgan fingerprint density at radius 3 is 2.45 bits per heavy atom. The molecular weight excluding hydrogens is 304 g/mol. The fraction of sp³-hybridized carbons (Fsp3) is 0.467. The van der Waals surface area contributed by atoms with Gasteiger partial charge in [0.15, 0.2) is 0 Å². The van der Waals surface area contributed by atoms with E-state index in [1.54, 1.807) is 44.2 Å². The van der Waals surface area contributed by atoms with Gasteiger partial charge in [0, 0.05) is 0 Å². The van der Waals surface area contributed by atoms with Crippen LogP contribution in [0.2, 0.25) is 0 Å². The maximum atomic E-state index is 12.0. The molecule has 1 rings (SSSR count). The van der Waals surface area contributed by atoms with Crippen LogP contribution in [0.4, 0.5) is 0 Å². The standard InChI is InChI=1S/C15H20N2O4S/c1-15(2,11-16)8-9-22(20,21)17-13(14(18)19)10-12-6-4-3-5-7-12/h3-7,13,17H,8-10H2,1-2H3,(H,18,19)/t13-/m0/s1. The minimum absolute atomic E-state index is 0.0665. The second kappa shape index (κ2) is 7.38. The number of nitrogens with zero attached hydrogens (tertiary/aromatic N) is 1. The highest BCUT2D eigenvalue weighted by atomic mass is 32.2. The molecule has 0 saturated carbocycles. The zero-order valence-corrected chi connectivity index (χ0v) is 13.4. The van der Waals surface area contributed by atoms with Gasteiger partial charge in [-0.2, -0.15) is 5.26 Å². The molecule has 0 aliphatic carbocycles. The van der Waals surface area contributed by atoms with Crippen LogP contribution in [-0.2, 0) is 21.2 Å². The molecule has 7 heteroatoms. The van der Waals surface area contributed by atoms with Gasteiger partial charge in [0.1, 0.15) is 6.04 Å². The second-order valence-electron chi connectivity index (χ2n) is 5.76. The normalized spacial score (nSPS) is 13.3. The summed E-state index contributed by atoms with van der Waals surface area (Å²) in [7, 11) is -3.77. The fourth-order valence-corrected chi connectivity index (χ4v) is 3.26. The van der Waals surface area contributed by atoms with Crippen LogP contribution in [-0.4, -0.2) is 31.3 Å². The van der Waals surface area contributed by atoms with E-state index in [9.17, 15) is 18.3 Å². The van der Waals surface area contributed by atoms with Gasteiger partial charge in [-0.1, -0.05) is 30.3 Å². The molecule has 0 amide bonds. The van der Waals surface area contributed by atoms with Crippen LogP contribution in [0.5, 0.6) is 0 Å². The maximum Gasteiger partial charge on any atom is 0.322 e. The molecule has 0 aromatic heterocycles. The number of aliphatic carboxylic acids is 1. The molecule has 0 aliphatic rings. The molecule has 120 valence electrons. The number of sulfonamides is 1. The molecule has 1 aromatic rings. The van der Waals surface area contributed by atoms with E-state index in [-0.39, 0.29) is 18.6 Å². The zero-order valence-electron chi connectivity index (χ0n) is 12.6. The Balaban J connectivity index is 2.74. The van der Waals surface area contributed by atoms with Crippen LogP contribution >= 0.6 is 0 Å². The van der Waals surface area contributed by atoms with Gasteiger partial charge in [0.05, 0.1) is 17.2 Å². The maximum absolute atomic E-state index is 12.0. The van der Waals surface area contributed by atoms with Crippen molar-refractivity contribution in [3.63, 3.8) is 0 Å². The average Bonchev–Trinajstić information content (AvgIpc) is 2.46. The van der Waals surface area contributed by atoms with Crippen molar-refractivity contribution in [3.05, 3.63) is 35.9 Å². The molecule has 0 heterocycles. The molecule has 0 fully saturated rings. The quantitative estimate of drug-likeness (QED) is 0.754. The van der Waals surface area contributed by atoms with Crippen LogP contribution in [0, 0.1) is 16.7 Å². The number of rotatable bonds is 8. The number of benzene rings is 1. The van der Waals surface area contributed by atoms with E-state index < -0.39 is 27.4 Å². The molecule has 0 aliphatic heterocycles. The number of carbonyl (C=O) groups is 1. The van der Waals surface area contributed by atoms with Gasteiger partial charge in [0.2, 0.25) is 10.0 Å². The van der Waals surface area contributed by atoms with Crippen LogP contribution in [0.3, 0.4) is 0 Å². The Hall–Kier alpha value is -1.91. The summed E-state index contributed by atoms with van der Waals surface area (Å²) in [5.74, 6) is -1.52. The van der Waals surface area contributed by atoms with E-state index in [0.29, 0.717) is 0 Å². The van der Waals surface area contributed by atoms with Crippen molar-refractivity contribution < 1.29 is 18.3 Å². The Labute approximate surface area is 130 Å². The smallest absolute Gasteiger partial charge is 0.322 e. The van der Waals surface area contributed by atoms with Gasteiger partial charge in [-0.05, 0) is 32.3 Å². The molecule has 0 unspecified atom stereocenters. The highest BCUT2D eigenvalue weighted by Gasteiger charge is 2.27. The predicted molar refractivity (Wildman–Crippen MR) is 82.5 cm³/mol. The van der Waals surface area contributed by atoms with Gasteiger partial charge >= 0.3 is 5.97 Å². The Morgan fingerprint density at radius 2 is 1.95 bits per heavy atom. The van der Waals surface area contributed by atoms with Gasteiger partial charge < -0.3 is 5.11 Å². The lowest BCUT2D eigenvalue weighted by molar-refractivity contribution is -0.138. The average molecular weight is 324 g/mol. The summed E-state index contributed by atoms with van der Waals surface area (Å²) in [5.41, 5.74) is -0.0395. The fourth-order valence-electron chi connectivity index (χ4n) is 1.75. The highest BCUT2D eigenvalue weighted by Crippen LogP contribution is 2.19. The van der Waals surface area contributed by atoms with Crippen molar-refractivity contribution in [3.8, 4) is 6.07 Å². The summed E-state index contributed by atoms with van der Waals surface area (Å²) in [4.78, 5) is 11.3. The molecule has 1 atom stereocenters. The molecule has 0 spiro atoms. The lowest BCUT2D eigenvalue weighted by Gasteiger charge is -2.18. The van der Waals surface area contributed by atoms with Crippen LogP contribution in [0.15, 0.2) is 30.3 Å². The molecule has 22 heavy (non-hydrogen) atoms. The molecule has 2 N–H and O–H groups in total. The monoisotopic (exact) mass is 324 g/mol. The van der Waals surface area contributed by atoms with Crippen LogP contribution in [0.25, 0.3) is 0 Å². The predicted octanol–water partition coefficient (Wildman–Crippen LogP) is 1.54. The van der Waals surface area contributed by atoms with Crippen LogP contribution < -0.4 is 4.72 Å². The first-order valence-corrected chi connectivity index (χ1v) is 8.48. The highest BCUT2D eigenvalue weighted by molar-refractivity contribution is 7.89. The minimum atomic E-state index is -3.77. The number of carboxylic acid groups (broad SMARTS) is 1. The van der Waals surface area contributed by atoms with Gasteiger partial charge in [-0.3, -0.25) is 4.79 Å². The largest absolute Gasteiger partial charge is 0.480 e. The van der Waals surface area contributed by atoms with Crippen molar-refractivity contribution in [2.24, 2.45) is 5.41 Å². The molecule has 0 bridgehead atoms. The van der Waals surface area contributed by atoms with Gasteiger partial charge in [-0.25, -0.2) is 13.1 Å². The van der Waals surface area contributed by atoms with E-state index in [1.165, 1.54) is 0 Å². The molecule has 0 saturated heterocycles. The second-order valence-corrected chi connectivity index (χ2v) is 7.64. The van der Waals surface area contributed by atoms with Crippen molar-refractivity contribution in [1.82, 2.24) is 4.72 Å². The number of nitrogens with one attached hydrogen (secondary N) is 1. The minimum Gasteiger partial charge on any atom is -0.480 e. The summed E-state index contributed by atoms with van der Waals surface area (Å²) in [6.45, 7) is 3.28. The summed E-state index contributed by atoms with van der Waals surface area (Å²) in [6, 6.07) is 9.60. The molecule has 0 radical (unpaired) electrons. The number of hydrogen-bond donors (Lipinski definition) is 2.